The molecule has 0 aromatic heterocycles. The van der Waals surface area contributed by atoms with Crippen LogP contribution in [0.25, 0.3) is 0 Å². The largest absolute Gasteiger partial charge is 0.352 e. The third kappa shape index (κ3) is 7.21. The summed E-state index contributed by atoms with van der Waals surface area (Å²) in [6, 6.07) is 11.7. The predicted octanol–water partition coefficient (Wildman–Crippen LogP) is 4.05. The summed E-state index contributed by atoms with van der Waals surface area (Å²) in [5, 5.41) is 3.31. The van der Waals surface area contributed by atoms with Crippen molar-refractivity contribution >= 4 is 39.1 Å². The maximum Gasteiger partial charge on any atom is 0.244 e. The topological polar surface area (TPSA) is 86.8 Å². The summed E-state index contributed by atoms with van der Waals surface area (Å²) in [5.41, 5.74) is 2.75. The van der Waals surface area contributed by atoms with Crippen LogP contribution in [0.4, 0.5) is 5.69 Å². The summed E-state index contributed by atoms with van der Waals surface area (Å²) in [7, 11) is -3.81. The Bertz CT molecular complexity index is 1140. The minimum atomic E-state index is -3.81. The SMILES string of the molecule is CC[C@@H](C)NC(=O)[C@@H](C)N(Cc1cccc(C)c1)C(=O)CN(c1cccc(Cl)c1C)S(C)(=O)=O. The van der Waals surface area contributed by atoms with Gasteiger partial charge in [-0.3, -0.25) is 13.9 Å². The quantitative estimate of drug-likeness (QED) is 0.525. The van der Waals surface area contributed by atoms with E-state index in [4.69, 9.17) is 11.6 Å². The molecule has 2 atom stereocenters. The zero-order valence-electron chi connectivity index (χ0n) is 20.6. The Kier molecular flexibility index (Phi) is 9.53. The summed E-state index contributed by atoms with van der Waals surface area (Å²) in [4.78, 5) is 27.9. The average molecular weight is 508 g/mol. The number of anilines is 1. The number of benzene rings is 2. The van der Waals surface area contributed by atoms with Crippen molar-refractivity contribution in [3.8, 4) is 0 Å². The van der Waals surface area contributed by atoms with Gasteiger partial charge in [0, 0.05) is 17.6 Å². The lowest BCUT2D eigenvalue weighted by Crippen LogP contribution is -2.52. The second-order valence-electron chi connectivity index (χ2n) is 8.66. The van der Waals surface area contributed by atoms with Crippen LogP contribution in [0.15, 0.2) is 42.5 Å². The number of hydrogen-bond acceptors (Lipinski definition) is 4. The molecule has 9 heteroatoms. The number of sulfonamides is 1. The molecule has 0 aliphatic heterocycles. The second-order valence-corrected chi connectivity index (χ2v) is 11.0. The van der Waals surface area contributed by atoms with Gasteiger partial charge in [-0.05, 0) is 57.4 Å². The van der Waals surface area contributed by atoms with E-state index >= 15 is 0 Å². The van der Waals surface area contributed by atoms with Crippen LogP contribution in [0.2, 0.25) is 5.02 Å². The minimum Gasteiger partial charge on any atom is -0.352 e. The van der Waals surface area contributed by atoms with Crippen LogP contribution in [0, 0.1) is 13.8 Å². The number of hydrogen-bond donors (Lipinski definition) is 1. The van der Waals surface area contributed by atoms with E-state index in [9.17, 15) is 18.0 Å². The Morgan fingerprint density at radius 2 is 1.74 bits per heavy atom. The van der Waals surface area contributed by atoms with Crippen LogP contribution in [0.5, 0.6) is 0 Å². The van der Waals surface area contributed by atoms with Crippen molar-refractivity contribution in [2.75, 3.05) is 17.1 Å². The fourth-order valence-electron chi connectivity index (χ4n) is 3.52. The van der Waals surface area contributed by atoms with Crippen molar-refractivity contribution in [3.05, 3.63) is 64.2 Å². The van der Waals surface area contributed by atoms with Crippen LogP contribution >= 0.6 is 11.6 Å². The van der Waals surface area contributed by atoms with E-state index in [0.29, 0.717) is 16.3 Å². The zero-order valence-corrected chi connectivity index (χ0v) is 22.2. The molecule has 2 rings (SSSR count). The smallest absolute Gasteiger partial charge is 0.244 e. The highest BCUT2D eigenvalue weighted by atomic mass is 35.5. The number of halogens is 1. The molecular formula is C25H34ClN3O4S. The molecule has 0 radical (unpaired) electrons. The molecule has 2 aromatic rings. The van der Waals surface area contributed by atoms with Crippen LogP contribution in [-0.2, 0) is 26.2 Å². The Labute approximate surface area is 208 Å². The molecule has 0 aliphatic rings. The summed E-state index contributed by atoms with van der Waals surface area (Å²) in [6.07, 6.45) is 1.80. The van der Waals surface area contributed by atoms with Crippen molar-refractivity contribution in [3.63, 3.8) is 0 Å². The molecule has 0 saturated carbocycles. The number of rotatable bonds is 10. The molecule has 2 aromatic carbocycles. The van der Waals surface area contributed by atoms with Crippen LogP contribution in [-0.4, -0.2) is 50.0 Å². The Balaban J connectivity index is 2.43. The number of carbonyl (C=O) groups is 2. The van der Waals surface area contributed by atoms with Gasteiger partial charge >= 0.3 is 0 Å². The van der Waals surface area contributed by atoms with E-state index in [1.54, 1.807) is 32.0 Å². The number of nitrogens with one attached hydrogen (secondary N) is 1. The molecule has 2 amide bonds. The van der Waals surface area contributed by atoms with E-state index < -0.39 is 28.5 Å². The fraction of sp³-hybridized carbons (Fsp3) is 0.440. The normalized spacial score (nSPS) is 13.1. The number of amides is 2. The van der Waals surface area contributed by atoms with Crippen molar-refractivity contribution in [1.29, 1.82) is 0 Å². The third-order valence-electron chi connectivity index (χ3n) is 5.79. The molecule has 186 valence electrons. The molecule has 0 unspecified atom stereocenters. The lowest BCUT2D eigenvalue weighted by molar-refractivity contribution is -0.139. The maximum absolute atomic E-state index is 13.6. The molecule has 0 aliphatic carbocycles. The first-order valence-corrected chi connectivity index (χ1v) is 13.5. The monoisotopic (exact) mass is 507 g/mol. The highest BCUT2D eigenvalue weighted by Gasteiger charge is 2.31. The van der Waals surface area contributed by atoms with E-state index in [2.05, 4.69) is 5.32 Å². The van der Waals surface area contributed by atoms with Gasteiger partial charge in [0.15, 0.2) is 0 Å². The van der Waals surface area contributed by atoms with Crippen LogP contribution < -0.4 is 9.62 Å². The van der Waals surface area contributed by atoms with Gasteiger partial charge in [-0.15, -0.1) is 0 Å². The molecule has 1 N–H and O–H groups in total. The molecule has 0 fully saturated rings. The van der Waals surface area contributed by atoms with E-state index in [1.807, 2.05) is 45.0 Å². The van der Waals surface area contributed by atoms with E-state index in [1.165, 1.54) is 4.90 Å². The Morgan fingerprint density at radius 1 is 1.09 bits per heavy atom. The summed E-state index contributed by atoms with van der Waals surface area (Å²) >= 11 is 6.21. The van der Waals surface area contributed by atoms with Gasteiger partial charge in [0.1, 0.15) is 12.6 Å². The molecule has 0 saturated heterocycles. The zero-order chi connectivity index (χ0) is 25.6. The maximum atomic E-state index is 13.6. The van der Waals surface area contributed by atoms with Gasteiger partial charge < -0.3 is 10.2 Å². The van der Waals surface area contributed by atoms with Crippen molar-refractivity contribution in [2.45, 2.75) is 59.7 Å². The molecule has 34 heavy (non-hydrogen) atoms. The third-order valence-corrected chi connectivity index (χ3v) is 7.33. The van der Waals surface area contributed by atoms with Gasteiger partial charge in [-0.1, -0.05) is 54.4 Å². The Hall–Kier alpha value is -2.58. The van der Waals surface area contributed by atoms with E-state index in [0.717, 1.165) is 28.1 Å². The number of carbonyl (C=O) groups excluding carboxylic acids is 2. The molecule has 0 bridgehead atoms. The first-order chi connectivity index (χ1) is 15.8. The second kappa shape index (κ2) is 11.7. The van der Waals surface area contributed by atoms with Crippen LogP contribution in [0.3, 0.4) is 0 Å². The van der Waals surface area contributed by atoms with Gasteiger partial charge in [0.05, 0.1) is 11.9 Å². The van der Waals surface area contributed by atoms with Crippen molar-refractivity contribution < 1.29 is 18.0 Å². The molecule has 0 heterocycles. The summed E-state index contributed by atoms with van der Waals surface area (Å²) < 4.78 is 26.4. The first-order valence-electron chi connectivity index (χ1n) is 11.2. The standard InChI is InChI=1S/C25H34ClN3O4S/c1-7-18(3)27-25(31)20(5)28(15-21-11-8-10-17(2)14-21)24(30)16-29(34(6,32)33)23-13-9-12-22(26)19(23)4/h8-14,18,20H,7,15-16H2,1-6H3,(H,27,31)/t18-,20-/m1/s1. The Morgan fingerprint density at radius 3 is 2.32 bits per heavy atom. The van der Waals surface area contributed by atoms with Crippen molar-refractivity contribution in [1.82, 2.24) is 10.2 Å². The van der Waals surface area contributed by atoms with Gasteiger partial charge in [-0.25, -0.2) is 8.42 Å². The van der Waals surface area contributed by atoms with Gasteiger partial charge in [0.25, 0.3) is 0 Å². The van der Waals surface area contributed by atoms with E-state index in [-0.39, 0.29) is 18.5 Å². The molecular weight excluding hydrogens is 474 g/mol. The lowest BCUT2D eigenvalue weighted by atomic mass is 10.1. The van der Waals surface area contributed by atoms with Crippen LogP contribution in [0.1, 0.15) is 43.9 Å². The molecule has 7 nitrogen and oxygen atoms in total. The van der Waals surface area contributed by atoms with Crippen molar-refractivity contribution in [2.24, 2.45) is 0 Å². The first kappa shape index (κ1) is 27.7. The predicted molar refractivity (Wildman–Crippen MR) is 137 cm³/mol. The highest BCUT2D eigenvalue weighted by Crippen LogP contribution is 2.28. The highest BCUT2D eigenvalue weighted by molar-refractivity contribution is 7.92. The fourth-order valence-corrected chi connectivity index (χ4v) is 4.59. The number of nitrogens with zero attached hydrogens (tertiary/aromatic N) is 2. The lowest BCUT2D eigenvalue weighted by Gasteiger charge is -2.32. The summed E-state index contributed by atoms with van der Waals surface area (Å²) in [5.74, 6) is -0.779. The van der Waals surface area contributed by atoms with Gasteiger partial charge in [-0.2, -0.15) is 0 Å². The molecule has 0 spiro atoms. The minimum absolute atomic E-state index is 0.0486. The van der Waals surface area contributed by atoms with Gasteiger partial charge in [0.2, 0.25) is 21.8 Å². The summed E-state index contributed by atoms with van der Waals surface area (Å²) in [6.45, 7) is 8.87. The number of aryl methyl sites for hydroxylation is 1. The average Bonchev–Trinajstić information content (AvgIpc) is 2.76.